The average Bonchev–Trinajstić information content (AvgIpc) is 2.81. The summed E-state index contributed by atoms with van der Waals surface area (Å²) in [5.74, 6) is -1.51. The summed E-state index contributed by atoms with van der Waals surface area (Å²) in [7, 11) is 0. The highest BCUT2D eigenvalue weighted by Gasteiger charge is 2.21. The molecule has 3 N–H and O–H groups in total. The molecule has 0 aliphatic carbocycles. The highest BCUT2D eigenvalue weighted by molar-refractivity contribution is 5.95. The first-order valence-corrected chi connectivity index (χ1v) is 6.23. The SMILES string of the molecule is C=C(C)C(=O)N[C@H](Cc1c[nH]c2ccccc12)C(=O)O. The third-order valence-electron chi connectivity index (χ3n) is 3.09. The molecule has 0 bridgehead atoms. The first kappa shape index (κ1) is 13.9. The highest BCUT2D eigenvalue weighted by Crippen LogP contribution is 2.19. The van der Waals surface area contributed by atoms with Gasteiger partial charge in [0, 0.05) is 29.1 Å². The van der Waals surface area contributed by atoms with Crippen LogP contribution in [0, 0.1) is 0 Å². The van der Waals surface area contributed by atoms with Crippen molar-refractivity contribution in [3.05, 3.63) is 48.2 Å². The molecular weight excluding hydrogens is 256 g/mol. The number of carbonyl (C=O) groups excluding carboxylic acids is 1. The molecule has 0 fully saturated rings. The third kappa shape index (κ3) is 2.88. The third-order valence-corrected chi connectivity index (χ3v) is 3.09. The number of nitrogens with one attached hydrogen (secondary N) is 2. The molecule has 2 aromatic rings. The van der Waals surface area contributed by atoms with E-state index in [1.54, 1.807) is 13.1 Å². The van der Waals surface area contributed by atoms with Crippen molar-refractivity contribution in [1.29, 1.82) is 0 Å². The molecule has 1 aromatic heterocycles. The second-order valence-electron chi connectivity index (χ2n) is 4.71. The smallest absolute Gasteiger partial charge is 0.326 e. The van der Waals surface area contributed by atoms with Gasteiger partial charge in [-0.1, -0.05) is 24.8 Å². The molecule has 0 saturated heterocycles. The van der Waals surface area contributed by atoms with Crippen molar-refractivity contribution in [3.63, 3.8) is 0 Å². The molecule has 2 rings (SSSR count). The molecule has 0 aliphatic rings. The number of carboxylic acids is 1. The van der Waals surface area contributed by atoms with Gasteiger partial charge in [0.1, 0.15) is 6.04 Å². The summed E-state index contributed by atoms with van der Waals surface area (Å²) >= 11 is 0. The lowest BCUT2D eigenvalue weighted by molar-refractivity contribution is -0.141. The Morgan fingerprint density at radius 3 is 2.75 bits per heavy atom. The average molecular weight is 272 g/mol. The Balaban J connectivity index is 2.22. The van der Waals surface area contributed by atoms with E-state index in [9.17, 15) is 14.7 Å². The van der Waals surface area contributed by atoms with Gasteiger partial charge in [0.2, 0.25) is 5.91 Å². The Labute approximate surface area is 116 Å². The number of benzene rings is 1. The lowest BCUT2D eigenvalue weighted by Gasteiger charge is -2.14. The van der Waals surface area contributed by atoms with Crippen molar-refractivity contribution < 1.29 is 14.7 Å². The molecule has 0 aliphatic heterocycles. The van der Waals surface area contributed by atoms with E-state index in [1.807, 2.05) is 24.3 Å². The maximum atomic E-state index is 11.6. The second kappa shape index (κ2) is 5.61. The zero-order valence-electron chi connectivity index (χ0n) is 11.1. The van der Waals surface area contributed by atoms with Crippen molar-refractivity contribution in [1.82, 2.24) is 10.3 Å². The minimum Gasteiger partial charge on any atom is -0.480 e. The predicted molar refractivity (Wildman–Crippen MR) is 76.4 cm³/mol. The fourth-order valence-electron chi connectivity index (χ4n) is 2.00. The van der Waals surface area contributed by atoms with Gasteiger partial charge in [0.25, 0.3) is 0 Å². The molecular formula is C15H16N2O3. The van der Waals surface area contributed by atoms with Gasteiger partial charge in [0.05, 0.1) is 0 Å². The number of rotatable bonds is 5. The molecule has 0 unspecified atom stereocenters. The van der Waals surface area contributed by atoms with Crippen LogP contribution in [0.5, 0.6) is 0 Å². The van der Waals surface area contributed by atoms with Gasteiger partial charge >= 0.3 is 5.97 Å². The van der Waals surface area contributed by atoms with E-state index in [1.165, 1.54) is 0 Å². The number of H-pyrrole nitrogens is 1. The maximum absolute atomic E-state index is 11.6. The standard InChI is InChI=1S/C15H16N2O3/c1-9(2)14(18)17-13(15(19)20)7-10-8-16-12-6-4-3-5-11(10)12/h3-6,8,13,16H,1,7H2,2H3,(H,17,18)(H,19,20)/t13-/m1/s1. The molecule has 0 saturated carbocycles. The minimum absolute atomic E-state index is 0.221. The molecule has 1 amide bonds. The molecule has 0 radical (unpaired) electrons. The molecule has 1 atom stereocenters. The zero-order valence-corrected chi connectivity index (χ0v) is 11.1. The number of para-hydroxylation sites is 1. The van der Waals surface area contributed by atoms with Gasteiger partial charge in [-0.3, -0.25) is 4.79 Å². The van der Waals surface area contributed by atoms with Crippen LogP contribution in [0.3, 0.4) is 0 Å². The monoisotopic (exact) mass is 272 g/mol. The molecule has 0 spiro atoms. The van der Waals surface area contributed by atoms with Crippen LogP contribution in [0.2, 0.25) is 0 Å². The number of hydrogen-bond acceptors (Lipinski definition) is 2. The van der Waals surface area contributed by atoms with Crippen molar-refractivity contribution >= 4 is 22.8 Å². The molecule has 5 nitrogen and oxygen atoms in total. The summed E-state index contributed by atoms with van der Waals surface area (Å²) in [5, 5.41) is 12.6. The van der Waals surface area contributed by atoms with Crippen LogP contribution in [0.4, 0.5) is 0 Å². The van der Waals surface area contributed by atoms with Crippen LogP contribution >= 0.6 is 0 Å². The van der Waals surface area contributed by atoms with Crippen LogP contribution < -0.4 is 5.32 Å². The first-order valence-electron chi connectivity index (χ1n) is 6.23. The molecule has 20 heavy (non-hydrogen) atoms. The van der Waals surface area contributed by atoms with Gasteiger partial charge in [-0.25, -0.2) is 4.79 Å². The summed E-state index contributed by atoms with van der Waals surface area (Å²) in [5.41, 5.74) is 2.09. The topological polar surface area (TPSA) is 82.2 Å². The van der Waals surface area contributed by atoms with Crippen molar-refractivity contribution in [2.75, 3.05) is 0 Å². The number of aromatic nitrogens is 1. The number of aliphatic carboxylic acids is 1. The van der Waals surface area contributed by atoms with Crippen LogP contribution in [-0.2, 0) is 16.0 Å². The van der Waals surface area contributed by atoms with Gasteiger partial charge in [-0.05, 0) is 18.6 Å². The fraction of sp³-hybridized carbons (Fsp3) is 0.200. The zero-order chi connectivity index (χ0) is 14.7. The van der Waals surface area contributed by atoms with Gasteiger partial charge < -0.3 is 15.4 Å². The summed E-state index contributed by atoms with van der Waals surface area (Å²) in [6.07, 6.45) is 1.99. The van der Waals surface area contributed by atoms with Crippen LogP contribution in [0.15, 0.2) is 42.6 Å². The minimum atomic E-state index is -1.06. The predicted octanol–water partition coefficient (Wildman–Crippen LogP) is 1.86. The van der Waals surface area contributed by atoms with Crippen molar-refractivity contribution in [2.45, 2.75) is 19.4 Å². The Kier molecular flexibility index (Phi) is 3.89. The normalized spacial score (nSPS) is 12.1. The Morgan fingerprint density at radius 1 is 1.40 bits per heavy atom. The number of aromatic amines is 1. The van der Waals surface area contributed by atoms with E-state index >= 15 is 0 Å². The van der Waals surface area contributed by atoms with Gasteiger partial charge in [-0.15, -0.1) is 0 Å². The summed E-state index contributed by atoms with van der Waals surface area (Å²) < 4.78 is 0. The molecule has 5 heteroatoms. The van der Waals surface area contributed by atoms with Crippen molar-refractivity contribution in [3.8, 4) is 0 Å². The largest absolute Gasteiger partial charge is 0.480 e. The summed E-state index contributed by atoms with van der Waals surface area (Å²) in [6.45, 7) is 5.04. The molecule has 1 aromatic carbocycles. The van der Waals surface area contributed by atoms with E-state index in [4.69, 9.17) is 0 Å². The van der Waals surface area contributed by atoms with Crippen LogP contribution in [0.25, 0.3) is 10.9 Å². The molecule has 104 valence electrons. The Bertz CT molecular complexity index is 673. The first-order chi connectivity index (χ1) is 9.49. The van der Waals surface area contributed by atoms with Crippen LogP contribution in [-0.4, -0.2) is 28.0 Å². The van der Waals surface area contributed by atoms with Gasteiger partial charge in [-0.2, -0.15) is 0 Å². The summed E-state index contributed by atoms with van der Waals surface area (Å²) in [4.78, 5) is 25.9. The Hall–Kier alpha value is -2.56. The number of carboxylic acid groups (broad SMARTS) is 1. The summed E-state index contributed by atoms with van der Waals surface area (Å²) in [6, 6.07) is 6.66. The van der Waals surface area contributed by atoms with Gasteiger partial charge in [0.15, 0.2) is 0 Å². The van der Waals surface area contributed by atoms with E-state index in [0.29, 0.717) is 0 Å². The fourth-order valence-corrected chi connectivity index (χ4v) is 2.00. The van der Waals surface area contributed by atoms with Crippen molar-refractivity contribution in [2.24, 2.45) is 0 Å². The van der Waals surface area contributed by atoms with E-state index in [2.05, 4.69) is 16.9 Å². The second-order valence-corrected chi connectivity index (χ2v) is 4.71. The van der Waals surface area contributed by atoms with Crippen LogP contribution in [0.1, 0.15) is 12.5 Å². The highest BCUT2D eigenvalue weighted by atomic mass is 16.4. The lowest BCUT2D eigenvalue weighted by atomic mass is 10.0. The Morgan fingerprint density at radius 2 is 2.10 bits per heavy atom. The van der Waals surface area contributed by atoms with E-state index < -0.39 is 17.9 Å². The maximum Gasteiger partial charge on any atom is 0.326 e. The quantitative estimate of drug-likeness (QED) is 0.726. The molecule has 1 heterocycles. The number of carbonyl (C=O) groups is 2. The number of amides is 1. The van der Waals surface area contributed by atoms with E-state index in [-0.39, 0.29) is 12.0 Å². The lowest BCUT2D eigenvalue weighted by Crippen LogP contribution is -2.42. The number of fused-ring (bicyclic) bond motifs is 1. The number of hydrogen-bond donors (Lipinski definition) is 3. The van der Waals surface area contributed by atoms with E-state index in [0.717, 1.165) is 16.5 Å².